The number of hydrogen-bond donors (Lipinski definition) is 0. The molecule has 0 aliphatic carbocycles. The summed E-state index contributed by atoms with van der Waals surface area (Å²) >= 11 is 0. The SMILES string of the molecule is COc1ccc(C2(C(=O)N3CCN(CC=Cc4ccccc4)CC3)CCOCC2)cc1. The summed E-state index contributed by atoms with van der Waals surface area (Å²) in [5, 5.41) is 0. The Morgan fingerprint density at radius 1 is 1.00 bits per heavy atom. The molecule has 0 radical (unpaired) electrons. The van der Waals surface area contributed by atoms with E-state index >= 15 is 0 Å². The van der Waals surface area contributed by atoms with Gasteiger partial charge in [0.2, 0.25) is 5.91 Å². The molecule has 5 heteroatoms. The molecule has 2 saturated heterocycles. The van der Waals surface area contributed by atoms with Gasteiger partial charge in [-0.15, -0.1) is 0 Å². The first kappa shape index (κ1) is 21.6. The van der Waals surface area contributed by atoms with Gasteiger partial charge in [0.05, 0.1) is 12.5 Å². The lowest BCUT2D eigenvalue weighted by molar-refractivity contribution is -0.143. The summed E-state index contributed by atoms with van der Waals surface area (Å²) in [7, 11) is 1.67. The van der Waals surface area contributed by atoms with Crippen molar-refractivity contribution in [1.29, 1.82) is 0 Å². The van der Waals surface area contributed by atoms with Gasteiger partial charge < -0.3 is 14.4 Å². The van der Waals surface area contributed by atoms with Crippen molar-refractivity contribution in [1.82, 2.24) is 9.80 Å². The summed E-state index contributed by atoms with van der Waals surface area (Å²) in [4.78, 5) is 18.2. The maximum Gasteiger partial charge on any atom is 0.233 e. The van der Waals surface area contributed by atoms with Crippen LogP contribution in [0, 0.1) is 0 Å². The smallest absolute Gasteiger partial charge is 0.233 e. The number of methoxy groups -OCH3 is 1. The van der Waals surface area contributed by atoms with Gasteiger partial charge in [0, 0.05) is 45.9 Å². The summed E-state index contributed by atoms with van der Waals surface area (Å²) in [6.07, 6.45) is 5.85. The molecule has 0 atom stereocenters. The van der Waals surface area contributed by atoms with E-state index < -0.39 is 5.41 Å². The van der Waals surface area contributed by atoms with Crippen molar-refractivity contribution in [2.45, 2.75) is 18.3 Å². The van der Waals surface area contributed by atoms with Crippen LogP contribution in [0.5, 0.6) is 5.75 Å². The van der Waals surface area contributed by atoms with Crippen LogP contribution in [-0.2, 0) is 14.9 Å². The number of carbonyl (C=O) groups excluding carboxylic acids is 1. The fourth-order valence-electron chi connectivity index (χ4n) is 4.59. The molecule has 2 heterocycles. The quantitative estimate of drug-likeness (QED) is 0.716. The van der Waals surface area contributed by atoms with Crippen molar-refractivity contribution < 1.29 is 14.3 Å². The summed E-state index contributed by atoms with van der Waals surface area (Å²) in [5.74, 6) is 1.07. The van der Waals surface area contributed by atoms with Gasteiger partial charge in [-0.05, 0) is 36.1 Å². The van der Waals surface area contributed by atoms with Crippen LogP contribution in [-0.4, -0.2) is 68.8 Å². The number of benzene rings is 2. The molecule has 164 valence electrons. The lowest BCUT2D eigenvalue weighted by Crippen LogP contribution is -2.56. The van der Waals surface area contributed by atoms with Crippen LogP contribution in [0.15, 0.2) is 60.7 Å². The minimum atomic E-state index is -0.486. The van der Waals surface area contributed by atoms with Gasteiger partial charge in [-0.25, -0.2) is 0 Å². The molecule has 31 heavy (non-hydrogen) atoms. The summed E-state index contributed by atoms with van der Waals surface area (Å²) in [6, 6.07) is 18.4. The molecule has 2 aromatic carbocycles. The van der Waals surface area contributed by atoms with Crippen molar-refractivity contribution in [3.63, 3.8) is 0 Å². The molecule has 5 nitrogen and oxygen atoms in total. The molecule has 2 fully saturated rings. The Balaban J connectivity index is 1.39. The number of carbonyl (C=O) groups is 1. The standard InChI is InChI=1S/C26H32N2O3/c1-30-24-11-9-23(10-12-24)26(13-20-31-21-14-26)25(29)28-18-16-27(17-19-28)15-5-8-22-6-3-2-4-7-22/h2-12H,13-21H2,1H3. The van der Waals surface area contributed by atoms with Gasteiger partial charge in [0.1, 0.15) is 5.75 Å². The monoisotopic (exact) mass is 420 g/mol. The molecule has 2 aliphatic rings. The number of nitrogens with zero attached hydrogens (tertiary/aromatic N) is 2. The number of amides is 1. The van der Waals surface area contributed by atoms with Crippen LogP contribution >= 0.6 is 0 Å². The van der Waals surface area contributed by atoms with Gasteiger partial charge in [-0.1, -0.05) is 54.6 Å². The third kappa shape index (κ3) is 5.00. The molecule has 4 rings (SSSR count). The minimum Gasteiger partial charge on any atom is -0.497 e. The Kier molecular flexibility index (Phi) is 7.05. The molecular weight excluding hydrogens is 388 g/mol. The van der Waals surface area contributed by atoms with E-state index in [-0.39, 0.29) is 5.91 Å². The van der Waals surface area contributed by atoms with Crippen molar-refractivity contribution in [2.24, 2.45) is 0 Å². The molecule has 0 spiro atoms. The molecular formula is C26H32N2O3. The second-order valence-corrected chi connectivity index (χ2v) is 8.33. The zero-order chi connectivity index (χ0) is 21.5. The van der Waals surface area contributed by atoms with Crippen LogP contribution in [0.1, 0.15) is 24.0 Å². The molecule has 0 aromatic heterocycles. The first-order valence-corrected chi connectivity index (χ1v) is 11.2. The normalized spacial score (nSPS) is 19.5. The van der Waals surface area contributed by atoms with Gasteiger partial charge in [-0.3, -0.25) is 9.69 Å². The average molecular weight is 421 g/mol. The van der Waals surface area contributed by atoms with Crippen LogP contribution in [0.25, 0.3) is 6.08 Å². The highest BCUT2D eigenvalue weighted by Gasteiger charge is 2.44. The van der Waals surface area contributed by atoms with Gasteiger partial charge in [-0.2, -0.15) is 0 Å². The predicted octanol–water partition coefficient (Wildman–Crippen LogP) is 3.60. The highest BCUT2D eigenvalue weighted by atomic mass is 16.5. The molecule has 1 amide bonds. The van der Waals surface area contributed by atoms with E-state index in [1.807, 2.05) is 30.3 Å². The molecule has 2 aliphatic heterocycles. The van der Waals surface area contributed by atoms with E-state index in [1.54, 1.807) is 7.11 Å². The number of hydrogen-bond acceptors (Lipinski definition) is 4. The van der Waals surface area contributed by atoms with E-state index in [9.17, 15) is 4.79 Å². The van der Waals surface area contributed by atoms with E-state index in [0.717, 1.165) is 56.9 Å². The summed E-state index contributed by atoms with van der Waals surface area (Å²) in [5.41, 5.74) is 1.81. The molecule has 0 N–H and O–H groups in total. The molecule has 0 bridgehead atoms. The van der Waals surface area contributed by atoms with E-state index in [2.05, 4.69) is 46.2 Å². The fourth-order valence-corrected chi connectivity index (χ4v) is 4.59. The fraction of sp³-hybridized carbons (Fsp3) is 0.423. The minimum absolute atomic E-state index is 0.250. The largest absolute Gasteiger partial charge is 0.497 e. The van der Waals surface area contributed by atoms with Crippen LogP contribution in [0.2, 0.25) is 0 Å². The van der Waals surface area contributed by atoms with Gasteiger partial charge in [0.25, 0.3) is 0 Å². The lowest BCUT2D eigenvalue weighted by atomic mass is 9.73. The van der Waals surface area contributed by atoms with Gasteiger partial charge in [0.15, 0.2) is 0 Å². The number of ether oxygens (including phenoxy) is 2. The second-order valence-electron chi connectivity index (χ2n) is 8.33. The first-order chi connectivity index (χ1) is 15.2. The van der Waals surface area contributed by atoms with Crippen LogP contribution < -0.4 is 4.74 Å². The summed E-state index contributed by atoms with van der Waals surface area (Å²) < 4.78 is 10.9. The average Bonchev–Trinajstić information content (AvgIpc) is 2.85. The van der Waals surface area contributed by atoms with Crippen LogP contribution in [0.4, 0.5) is 0 Å². The Hall–Kier alpha value is -2.63. The highest BCUT2D eigenvalue weighted by Crippen LogP contribution is 2.37. The predicted molar refractivity (Wildman–Crippen MR) is 123 cm³/mol. The van der Waals surface area contributed by atoms with E-state index in [4.69, 9.17) is 9.47 Å². The maximum atomic E-state index is 13.7. The van der Waals surface area contributed by atoms with E-state index in [0.29, 0.717) is 13.2 Å². The molecule has 0 unspecified atom stereocenters. The Morgan fingerprint density at radius 2 is 1.68 bits per heavy atom. The molecule has 2 aromatic rings. The van der Waals surface area contributed by atoms with Crippen molar-refractivity contribution in [2.75, 3.05) is 53.0 Å². The molecule has 0 saturated carbocycles. The zero-order valence-corrected chi connectivity index (χ0v) is 18.3. The zero-order valence-electron chi connectivity index (χ0n) is 18.3. The van der Waals surface area contributed by atoms with Crippen LogP contribution in [0.3, 0.4) is 0 Å². The van der Waals surface area contributed by atoms with Gasteiger partial charge >= 0.3 is 0 Å². The third-order valence-corrected chi connectivity index (χ3v) is 6.53. The first-order valence-electron chi connectivity index (χ1n) is 11.2. The van der Waals surface area contributed by atoms with Crippen molar-refractivity contribution in [3.8, 4) is 5.75 Å². The van der Waals surface area contributed by atoms with Crippen molar-refractivity contribution >= 4 is 12.0 Å². The Bertz CT molecular complexity index is 865. The third-order valence-electron chi connectivity index (χ3n) is 6.53. The highest BCUT2D eigenvalue weighted by molar-refractivity contribution is 5.88. The van der Waals surface area contributed by atoms with E-state index in [1.165, 1.54) is 5.56 Å². The summed E-state index contributed by atoms with van der Waals surface area (Å²) in [6.45, 7) is 5.52. The maximum absolute atomic E-state index is 13.7. The second kappa shape index (κ2) is 10.1. The Labute approximate surface area is 185 Å². The Morgan fingerprint density at radius 3 is 2.32 bits per heavy atom. The van der Waals surface area contributed by atoms with Crippen molar-refractivity contribution in [3.05, 3.63) is 71.8 Å². The number of rotatable bonds is 6. The lowest BCUT2D eigenvalue weighted by Gasteiger charge is -2.43. The number of piperazine rings is 1. The topological polar surface area (TPSA) is 42.0 Å².